The molecule has 0 aliphatic rings. The van der Waals surface area contributed by atoms with Gasteiger partial charge in [-0.2, -0.15) is 0 Å². The van der Waals surface area contributed by atoms with E-state index in [9.17, 15) is 5.11 Å². The van der Waals surface area contributed by atoms with Gasteiger partial charge >= 0.3 is 0 Å². The topological polar surface area (TPSA) is 60.0 Å². The van der Waals surface area contributed by atoms with Crippen LogP contribution in [-0.4, -0.2) is 31.9 Å². The molecule has 0 spiro atoms. The van der Waals surface area contributed by atoms with Crippen LogP contribution in [0.1, 0.15) is 29.7 Å². The van der Waals surface area contributed by atoms with E-state index in [0.29, 0.717) is 6.61 Å². The van der Waals surface area contributed by atoms with Gasteiger partial charge < -0.3 is 24.6 Å². The highest BCUT2D eigenvalue weighted by molar-refractivity contribution is 5.43. The maximum absolute atomic E-state index is 10.7. The summed E-state index contributed by atoms with van der Waals surface area (Å²) in [4.78, 5) is 0. The van der Waals surface area contributed by atoms with Crippen molar-refractivity contribution in [1.82, 2.24) is 5.32 Å². The molecule has 0 aliphatic carbocycles. The summed E-state index contributed by atoms with van der Waals surface area (Å²) in [6, 6.07) is 23.5. The first-order valence-electron chi connectivity index (χ1n) is 10.5. The number of aliphatic hydroxyl groups excluding tert-OH is 1. The lowest BCUT2D eigenvalue weighted by atomic mass is 10.0. The predicted octanol–water partition coefficient (Wildman–Crippen LogP) is 4.54. The van der Waals surface area contributed by atoms with E-state index >= 15 is 0 Å². The molecule has 5 heteroatoms. The molecule has 2 atom stereocenters. The summed E-state index contributed by atoms with van der Waals surface area (Å²) in [6.45, 7) is 3.25. The Labute approximate surface area is 184 Å². The molecule has 2 unspecified atom stereocenters. The molecule has 3 aromatic carbocycles. The standard InChI is InChI=1S/C26H31NO4/c1-19(27-16-15-20-9-14-24(29-2)25(17-20)30-3)26(28)22-10-12-23(13-11-22)31-18-21-7-5-4-6-8-21/h4-14,17,19,26-28H,15-16,18H2,1-3H3. The third-order valence-corrected chi connectivity index (χ3v) is 5.27. The van der Waals surface area contributed by atoms with Crippen LogP contribution in [0.2, 0.25) is 0 Å². The number of methoxy groups -OCH3 is 2. The van der Waals surface area contributed by atoms with E-state index in [1.54, 1.807) is 14.2 Å². The van der Waals surface area contributed by atoms with Crippen molar-refractivity contribution in [2.45, 2.75) is 32.1 Å². The van der Waals surface area contributed by atoms with Gasteiger partial charge in [0.05, 0.1) is 20.3 Å². The van der Waals surface area contributed by atoms with Crippen LogP contribution in [-0.2, 0) is 13.0 Å². The average molecular weight is 422 g/mol. The van der Waals surface area contributed by atoms with Crippen LogP contribution in [0.25, 0.3) is 0 Å². The molecule has 164 valence electrons. The quantitative estimate of drug-likeness (QED) is 0.476. The summed E-state index contributed by atoms with van der Waals surface area (Å²) in [7, 11) is 3.26. The van der Waals surface area contributed by atoms with Gasteiger partial charge in [-0.15, -0.1) is 0 Å². The first-order valence-corrected chi connectivity index (χ1v) is 10.5. The molecule has 31 heavy (non-hydrogen) atoms. The maximum atomic E-state index is 10.7. The van der Waals surface area contributed by atoms with Crippen molar-refractivity contribution < 1.29 is 19.3 Å². The van der Waals surface area contributed by atoms with Gasteiger partial charge in [0.2, 0.25) is 0 Å². The van der Waals surface area contributed by atoms with E-state index in [4.69, 9.17) is 14.2 Å². The molecule has 0 bridgehead atoms. The lowest BCUT2D eigenvalue weighted by molar-refractivity contribution is 0.136. The van der Waals surface area contributed by atoms with E-state index in [1.165, 1.54) is 0 Å². The fourth-order valence-corrected chi connectivity index (χ4v) is 3.38. The largest absolute Gasteiger partial charge is 0.493 e. The van der Waals surface area contributed by atoms with E-state index in [1.807, 2.05) is 79.7 Å². The van der Waals surface area contributed by atoms with E-state index in [-0.39, 0.29) is 6.04 Å². The predicted molar refractivity (Wildman–Crippen MR) is 123 cm³/mol. The fourth-order valence-electron chi connectivity index (χ4n) is 3.38. The van der Waals surface area contributed by atoms with Crippen molar-refractivity contribution in [2.24, 2.45) is 0 Å². The zero-order valence-electron chi connectivity index (χ0n) is 18.4. The number of benzene rings is 3. The summed E-state index contributed by atoms with van der Waals surface area (Å²) in [5.41, 5.74) is 3.13. The van der Waals surface area contributed by atoms with Gasteiger partial charge in [-0.3, -0.25) is 0 Å². The zero-order chi connectivity index (χ0) is 22.1. The second-order valence-corrected chi connectivity index (χ2v) is 7.47. The molecular weight excluding hydrogens is 390 g/mol. The van der Waals surface area contributed by atoms with Crippen molar-refractivity contribution in [3.63, 3.8) is 0 Å². The summed E-state index contributed by atoms with van der Waals surface area (Å²) in [6.07, 6.45) is 0.220. The number of hydrogen-bond acceptors (Lipinski definition) is 5. The number of nitrogens with one attached hydrogen (secondary N) is 1. The fraction of sp³-hybridized carbons (Fsp3) is 0.308. The van der Waals surface area contributed by atoms with Crippen molar-refractivity contribution >= 4 is 0 Å². The molecule has 0 aliphatic heterocycles. The van der Waals surface area contributed by atoms with Crippen molar-refractivity contribution in [1.29, 1.82) is 0 Å². The first kappa shape index (κ1) is 22.7. The molecule has 0 aromatic heterocycles. The third kappa shape index (κ3) is 6.48. The highest BCUT2D eigenvalue weighted by Gasteiger charge is 2.16. The minimum Gasteiger partial charge on any atom is -0.493 e. The summed E-state index contributed by atoms with van der Waals surface area (Å²) in [5.74, 6) is 2.23. The average Bonchev–Trinajstić information content (AvgIpc) is 2.83. The minimum absolute atomic E-state index is 0.0868. The molecule has 0 amide bonds. The first-order chi connectivity index (χ1) is 15.1. The van der Waals surface area contributed by atoms with E-state index in [2.05, 4.69) is 5.32 Å². The Morgan fingerprint density at radius 2 is 1.55 bits per heavy atom. The normalized spacial score (nSPS) is 12.8. The Morgan fingerprint density at radius 3 is 2.23 bits per heavy atom. The molecule has 0 saturated heterocycles. The smallest absolute Gasteiger partial charge is 0.160 e. The molecule has 5 nitrogen and oxygen atoms in total. The maximum Gasteiger partial charge on any atom is 0.160 e. The number of aliphatic hydroxyl groups is 1. The second kappa shape index (κ2) is 11.4. The van der Waals surface area contributed by atoms with Crippen LogP contribution in [0.5, 0.6) is 17.2 Å². The van der Waals surface area contributed by atoms with Crippen molar-refractivity contribution in [3.8, 4) is 17.2 Å². The molecule has 3 rings (SSSR count). The van der Waals surface area contributed by atoms with Gasteiger partial charge in [0.1, 0.15) is 12.4 Å². The van der Waals surface area contributed by atoms with Crippen molar-refractivity contribution in [2.75, 3.05) is 20.8 Å². The van der Waals surface area contributed by atoms with Gasteiger partial charge in [0, 0.05) is 6.04 Å². The van der Waals surface area contributed by atoms with Crippen LogP contribution in [0.15, 0.2) is 72.8 Å². The van der Waals surface area contributed by atoms with Crippen LogP contribution in [0.3, 0.4) is 0 Å². The number of ether oxygens (including phenoxy) is 3. The van der Waals surface area contributed by atoms with Gasteiger partial charge in [0.15, 0.2) is 11.5 Å². The highest BCUT2D eigenvalue weighted by atomic mass is 16.5. The van der Waals surface area contributed by atoms with E-state index < -0.39 is 6.10 Å². The summed E-state index contributed by atoms with van der Waals surface area (Å²) < 4.78 is 16.5. The SMILES string of the molecule is COc1ccc(CCNC(C)C(O)c2ccc(OCc3ccccc3)cc2)cc1OC. The molecule has 0 fully saturated rings. The molecular formula is C26H31NO4. The van der Waals surface area contributed by atoms with Crippen LogP contribution in [0, 0.1) is 0 Å². The number of hydrogen-bond donors (Lipinski definition) is 2. The van der Waals surface area contributed by atoms with Gasteiger partial charge in [-0.25, -0.2) is 0 Å². The Morgan fingerprint density at radius 1 is 0.839 bits per heavy atom. The monoisotopic (exact) mass is 421 g/mol. The summed E-state index contributed by atoms with van der Waals surface area (Å²) >= 11 is 0. The van der Waals surface area contributed by atoms with Gasteiger partial charge in [-0.05, 0) is 60.8 Å². The molecule has 2 N–H and O–H groups in total. The van der Waals surface area contributed by atoms with Gasteiger partial charge in [-0.1, -0.05) is 48.5 Å². The lowest BCUT2D eigenvalue weighted by Gasteiger charge is -2.21. The number of rotatable bonds is 11. The third-order valence-electron chi connectivity index (χ3n) is 5.27. The molecule has 0 radical (unpaired) electrons. The summed E-state index contributed by atoms with van der Waals surface area (Å²) in [5, 5.41) is 14.1. The second-order valence-electron chi connectivity index (χ2n) is 7.47. The van der Waals surface area contributed by atoms with Crippen LogP contribution in [0.4, 0.5) is 0 Å². The Hall–Kier alpha value is -3.02. The molecule has 3 aromatic rings. The Balaban J connectivity index is 1.47. The minimum atomic E-state index is -0.603. The van der Waals surface area contributed by atoms with Crippen LogP contribution >= 0.6 is 0 Å². The highest BCUT2D eigenvalue weighted by Crippen LogP contribution is 2.27. The van der Waals surface area contributed by atoms with Crippen LogP contribution < -0.4 is 19.5 Å². The zero-order valence-corrected chi connectivity index (χ0v) is 18.4. The van der Waals surface area contributed by atoms with E-state index in [0.717, 1.165) is 46.9 Å². The molecule has 0 saturated carbocycles. The Kier molecular flexibility index (Phi) is 8.33. The lowest BCUT2D eigenvalue weighted by Crippen LogP contribution is -2.33. The molecule has 0 heterocycles. The van der Waals surface area contributed by atoms with Crippen molar-refractivity contribution in [3.05, 3.63) is 89.5 Å². The Bertz CT molecular complexity index is 928. The van der Waals surface area contributed by atoms with Gasteiger partial charge in [0.25, 0.3) is 0 Å².